The Bertz CT molecular complexity index is 1340. The summed E-state index contributed by atoms with van der Waals surface area (Å²) in [4.78, 5) is 24.9. The van der Waals surface area contributed by atoms with Gasteiger partial charge in [0.2, 0.25) is 10.0 Å². The van der Waals surface area contributed by atoms with Crippen LogP contribution in [0.5, 0.6) is 5.75 Å². The Kier molecular flexibility index (Phi) is 8.98. The van der Waals surface area contributed by atoms with E-state index in [2.05, 4.69) is 15.2 Å². The van der Waals surface area contributed by atoms with E-state index in [4.69, 9.17) is 16.3 Å². The number of nitrogens with one attached hydrogen (secondary N) is 2. The molecule has 0 saturated heterocycles. The summed E-state index contributed by atoms with van der Waals surface area (Å²) >= 11 is 5.83. The Morgan fingerprint density at radius 3 is 2.14 bits per heavy atom. The Labute approximate surface area is 215 Å². The molecule has 3 rings (SSSR count). The molecule has 0 aliphatic rings. The van der Waals surface area contributed by atoms with Crippen molar-refractivity contribution < 1.29 is 22.7 Å². The van der Waals surface area contributed by atoms with Gasteiger partial charge in [0.15, 0.2) is 0 Å². The van der Waals surface area contributed by atoms with Gasteiger partial charge in [0.25, 0.3) is 5.91 Å². The lowest BCUT2D eigenvalue weighted by molar-refractivity contribution is -0.123. The third kappa shape index (κ3) is 7.48. The molecule has 0 radical (unpaired) electrons. The van der Waals surface area contributed by atoms with Crippen LogP contribution in [0.3, 0.4) is 0 Å². The quantitative estimate of drug-likeness (QED) is 0.186. The number of nitrogens with zero attached hydrogens (tertiary/aromatic N) is 1. The van der Waals surface area contributed by atoms with Crippen molar-refractivity contribution in [2.75, 3.05) is 0 Å². The van der Waals surface area contributed by atoms with Gasteiger partial charge in [-0.25, -0.2) is 18.6 Å². The van der Waals surface area contributed by atoms with Gasteiger partial charge in [-0.3, -0.25) is 4.79 Å². The van der Waals surface area contributed by atoms with E-state index < -0.39 is 27.9 Å². The lowest BCUT2D eigenvalue weighted by atomic mass is 10.1. The van der Waals surface area contributed by atoms with E-state index >= 15 is 0 Å². The monoisotopic (exact) mass is 527 g/mol. The molecule has 1 amide bonds. The highest BCUT2D eigenvalue weighted by molar-refractivity contribution is 7.89. The molecular weight excluding hydrogens is 502 g/mol. The van der Waals surface area contributed by atoms with E-state index in [0.29, 0.717) is 21.9 Å². The largest absolute Gasteiger partial charge is 0.423 e. The first-order valence-corrected chi connectivity index (χ1v) is 12.9. The molecule has 0 aliphatic carbocycles. The zero-order chi connectivity index (χ0) is 26.3. The maximum absolute atomic E-state index is 12.7. The molecule has 8 nitrogen and oxygen atoms in total. The van der Waals surface area contributed by atoms with Crippen molar-refractivity contribution in [3.05, 3.63) is 94.5 Å². The number of carbonyl (C=O) groups is 2. The normalized spacial score (nSPS) is 12.5. The number of rotatable bonds is 9. The van der Waals surface area contributed by atoms with Gasteiger partial charge in [0.05, 0.1) is 16.7 Å². The van der Waals surface area contributed by atoms with E-state index in [-0.39, 0.29) is 10.8 Å². The summed E-state index contributed by atoms with van der Waals surface area (Å²) in [5, 5.41) is 4.45. The van der Waals surface area contributed by atoms with Gasteiger partial charge in [-0.1, -0.05) is 43.1 Å². The van der Waals surface area contributed by atoms with Crippen molar-refractivity contribution in [1.29, 1.82) is 0 Å². The summed E-state index contributed by atoms with van der Waals surface area (Å²) in [6.07, 6.45) is 1.40. The van der Waals surface area contributed by atoms with E-state index in [0.717, 1.165) is 5.56 Å². The molecule has 0 saturated carbocycles. The summed E-state index contributed by atoms with van der Waals surface area (Å²) in [7, 11) is -3.89. The van der Waals surface area contributed by atoms with E-state index in [1.807, 2.05) is 6.92 Å². The molecule has 3 aromatic rings. The smallest absolute Gasteiger partial charge is 0.343 e. The fraction of sp³-hybridized carbons (Fsp3) is 0.192. The lowest BCUT2D eigenvalue weighted by Crippen LogP contribution is -2.48. The number of carbonyl (C=O) groups excluding carboxylic acids is 2. The van der Waals surface area contributed by atoms with Crippen LogP contribution in [-0.2, 0) is 14.8 Å². The topological polar surface area (TPSA) is 114 Å². The van der Waals surface area contributed by atoms with Crippen LogP contribution in [0.2, 0.25) is 5.02 Å². The minimum atomic E-state index is -3.89. The average molecular weight is 528 g/mol. The van der Waals surface area contributed by atoms with Crippen LogP contribution in [0.25, 0.3) is 0 Å². The van der Waals surface area contributed by atoms with Crippen LogP contribution in [-0.4, -0.2) is 32.6 Å². The number of esters is 1. The van der Waals surface area contributed by atoms with Crippen molar-refractivity contribution in [2.45, 2.75) is 31.7 Å². The molecular formula is C26H26ClN3O5S. The predicted octanol–water partition coefficient (Wildman–Crippen LogP) is 4.32. The zero-order valence-electron chi connectivity index (χ0n) is 19.9. The number of hydrogen-bond acceptors (Lipinski definition) is 6. The number of amides is 1. The van der Waals surface area contributed by atoms with Gasteiger partial charge in [0.1, 0.15) is 11.8 Å². The Morgan fingerprint density at radius 2 is 1.56 bits per heavy atom. The van der Waals surface area contributed by atoms with Gasteiger partial charge in [-0.15, -0.1) is 0 Å². The summed E-state index contributed by atoms with van der Waals surface area (Å²) in [6, 6.07) is 18.1. The molecule has 0 fully saturated rings. The van der Waals surface area contributed by atoms with Gasteiger partial charge in [-0.05, 0) is 79.1 Å². The molecule has 0 heterocycles. The second-order valence-electron chi connectivity index (χ2n) is 8.36. The fourth-order valence-corrected chi connectivity index (χ4v) is 4.53. The first-order chi connectivity index (χ1) is 17.0. The number of hydrazone groups is 1. The molecule has 0 bridgehead atoms. The Hall–Kier alpha value is -3.53. The highest BCUT2D eigenvalue weighted by atomic mass is 35.5. The van der Waals surface area contributed by atoms with Crippen molar-refractivity contribution in [2.24, 2.45) is 11.0 Å². The number of aryl methyl sites for hydroxylation is 1. The number of hydrogen-bond donors (Lipinski definition) is 2. The van der Waals surface area contributed by atoms with Gasteiger partial charge < -0.3 is 4.74 Å². The van der Waals surface area contributed by atoms with E-state index in [1.54, 1.807) is 74.5 Å². The summed E-state index contributed by atoms with van der Waals surface area (Å²) in [5.74, 6) is -1.10. The number of halogens is 1. The predicted molar refractivity (Wildman–Crippen MR) is 139 cm³/mol. The standard InChI is InChI=1S/C26H26ClN3O5S/c1-17(2)24(30-36(33,34)23-14-4-18(3)5-15-23)25(31)29-28-16-19-6-12-22(13-7-19)35-26(32)20-8-10-21(27)11-9-20/h4-17,24,30H,1-3H3,(H,29,31)/b28-16-/t24-/m0/s1. The minimum absolute atomic E-state index is 0.0758. The van der Waals surface area contributed by atoms with Gasteiger partial charge >= 0.3 is 5.97 Å². The minimum Gasteiger partial charge on any atom is -0.423 e. The lowest BCUT2D eigenvalue weighted by Gasteiger charge is -2.20. The van der Waals surface area contributed by atoms with Crippen LogP contribution in [0.4, 0.5) is 0 Å². The SMILES string of the molecule is Cc1ccc(S(=O)(=O)N[C@H](C(=O)N/N=C\c2ccc(OC(=O)c3ccc(Cl)cc3)cc2)C(C)C)cc1. The molecule has 3 aromatic carbocycles. The maximum atomic E-state index is 12.7. The van der Waals surface area contributed by atoms with Gasteiger partial charge in [0, 0.05) is 5.02 Å². The Morgan fingerprint density at radius 1 is 0.944 bits per heavy atom. The van der Waals surface area contributed by atoms with Crippen LogP contribution >= 0.6 is 11.6 Å². The third-order valence-corrected chi connectivity index (χ3v) is 6.83. The second-order valence-corrected chi connectivity index (χ2v) is 10.5. The average Bonchev–Trinajstić information content (AvgIpc) is 2.84. The maximum Gasteiger partial charge on any atom is 0.343 e. The number of benzene rings is 3. The number of ether oxygens (including phenoxy) is 1. The second kappa shape index (κ2) is 11.9. The summed E-state index contributed by atoms with van der Waals surface area (Å²) in [5.41, 5.74) is 4.30. The molecule has 36 heavy (non-hydrogen) atoms. The summed E-state index contributed by atoms with van der Waals surface area (Å²) < 4.78 is 33.2. The zero-order valence-corrected chi connectivity index (χ0v) is 21.5. The molecule has 0 unspecified atom stereocenters. The molecule has 0 aliphatic heterocycles. The van der Waals surface area contributed by atoms with Crippen LogP contribution in [0, 0.1) is 12.8 Å². The molecule has 10 heteroatoms. The third-order valence-electron chi connectivity index (χ3n) is 5.12. The van der Waals surface area contributed by atoms with Crippen molar-refractivity contribution in [3.8, 4) is 5.75 Å². The molecule has 2 N–H and O–H groups in total. The van der Waals surface area contributed by atoms with Crippen molar-refractivity contribution in [1.82, 2.24) is 10.1 Å². The van der Waals surface area contributed by atoms with Crippen LogP contribution in [0.15, 0.2) is 82.8 Å². The number of sulfonamides is 1. The van der Waals surface area contributed by atoms with E-state index in [9.17, 15) is 18.0 Å². The fourth-order valence-electron chi connectivity index (χ4n) is 3.06. The van der Waals surface area contributed by atoms with Gasteiger partial charge in [-0.2, -0.15) is 9.82 Å². The molecule has 0 aromatic heterocycles. The van der Waals surface area contributed by atoms with E-state index in [1.165, 1.54) is 18.3 Å². The molecule has 188 valence electrons. The Balaban J connectivity index is 1.59. The first kappa shape index (κ1) is 27.1. The highest BCUT2D eigenvalue weighted by Gasteiger charge is 2.28. The van der Waals surface area contributed by atoms with Crippen molar-refractivity contribution >= 4 is 39.7 Å². The highest BCUT2D eigenvalue weighted by Crippen LogP contribution is 2.16. The first-order valence-electron chi connectivity index (χ1n) is 11.0. The van der Waals surface area contributed by atoms with Crippen molar-refractivity contribution in [3.63, 3.8) is 0 Å². The summed E-state index contributed by atoms with van der Waals surface area (Å²) in [6.45, 7) is 5.32. The van der Waals surface area contributed by atoms with Crippen LogP contribution in [0.1, 0.15) is 35.3 Å². The molecule has 0 spiro atoms. The van der Waals surface area contributed by atoms with Crippen LogP contribution < -0.4 is 14.9 Å². The molecule has 1 atom stereocenters.